The highest BCUT2D eigenvalue weighted by atomic mass is 35.5. The molecule has 2 aliphatic rings. The van der Waals surface area contributed by atoms with Gasteiger partial charge >= 0.3 is 12.2 Å². The van der Waals surface area contributed by atoms with E-state index < -0.39 is 17.8 Å². The lowest BCUT2D eigenvalue weighted by Crippen LogP contribution is -2.43. The third kappa shape index (κ3) is 4.97. The highest BCUT2D eigenvalue weighted by molar-refractivity contribution is 6.30. The number of amides is 2. The largest absolute Gasteiger partial charge is 0.493 e. The van der Waals surface area contributed by atoms with Crippen molar-refractivity contribution in [2.75, 3.05) is 13.2 Å². The van der Waals surface area contributed by atoms with Crippen molar-refractivity contribution in [1.82, 2.24) is 25.0 Å². The van der Waals surface area contributed by atoms with Crippen LogP contribution < -0.4 is 10.1 Å². The van der Waals surface area contributed by atoms with Crippen molar-refractivity contribution in [3.8, 4) is 5.75 Å². The molecule has 2 aliphatic heterocycles. The summed E-state index contributed by atoms with van der Waals surface area (Å²) in [5, 5.41) is 12.1. The van der Waals surface area contributed by atoms with E-state index in [1.807, 2.05) is 12.1 Å². The fourth-order valence-electron chi connectivity index (χ4n) is 4.69. The molecular weight excluding hydrogens is 518 g/mol. The summed E-state index contributed by atoms with van der Waals surface area (Å²) < 4.78 is 46.5. The van der Waals surface area contributed by atoms with Crippen LogP contribution in [0.25, 0.3) is 0 Å². The van der Waals surface area contributed by atoms with Gasteiger partial charge in [-0.05, 0) is 54.3 Å². The maximum atomic E-state index is 13.3. The van der Waals surface area contributed by atoms with Crippen molar-refractivity contribution in [3.05, 3.63) is 75.3 Å². The van der Waals surface area contributed by atoms with Gasteiger partial charge in [0.15, 0.2) is 5.82 Å². The monoisotopic (exact) mass is 539 g/mol. The third-order valence-electron chi connectivity index (χ3n) is 6.48. The number of hydrogen-bond donors (Lipinski definition) is 1. The van der Waals surface area contributed by atoms with E-state index in [9.17, 15) is 18.0 Å². The van der Waals surface area contributed by atoms with E-state index >= 15 is 0 Å². The fourth-order valence-corrected chi connectivity index (χ4v) is 5.00. The lowest BCUT2D eigenvalue weighted by atomic mass is 9.98. The summed E-state index contributed by atoms with van der Waals surface area (Å²) in [6.07, 6.45) is -2.58. The Bertz CT molecular complexity index is 1270. The number of nitrogens with zero attached hydrogens (tertiary/aromatic N) is 4. The van der Waals surface area contributed by atoms with Crippen LogP contribution in [0, 0.1) is 0 Å². The standard InChI is InChI=1S/C24H22Cl2F3N5O2/c25-16-6-3-14(4-7-16)13-34-21(31-32-22(34)26)19-2-1-10-33(19)23(35)30-18-9-11-36-20-12-15(24(27,28)29)5-8-17(18)20/h3-8,12,18-19H,1-2,9-11,13H2,(H,30,35)/t18?,19-/m1/s1. The zero-order chi connectivity index (χ0) is 25.4. The molecule has 2 atom stereocenters. The molecule has 0 aliphatic carbocycles. The van der Waals surface area contributed by atoms with Crippen LogP contribution in [0.5, 0.6) is 5.75 Å². The zero-order valence-corrected chi connectivity index (χ0v) is 20.4. The van der Waals surface area contributed by atoms with Crippen LogP contribution in [0.15, 0.2) is 42.5 Å². The number of hydrogen-bond acceptors (Lipinski definition) is 4. The van der Waals surface area contributed by atoms with Crippen molar-refractivity contribution >= 4 is 29.2 Å². The summed E-state index contributed by atoms with van der Waals surface area (Å²) in [4.78, 5) is 15.0. The van der Waals surface area contributed by atoms with Gasteiger partial charge in [-0.15, -0.1) is 10.2 Å². The van der Waals surface area contributed by atoms with Crippen molar-refractivity contribution < 1.29 is 22.7 Å². The maximum Gasteiger partial charge on any atom is 0.416 e. The molecule has 0 bridgehead atoms. The molecule has 1 N–H and O–H groups in total. The lowest BCUT2D eigenvalue weighted by molar-refractivity contribution is -0.137. The molecule has 0 radical (unpaired) electrons. The predicted molar refractivity (Wildman–Crippen MR) is 127 cm³/mol. The first-order chi connectivity index (χ1) is 17.2. The Morgan fingerprint density at radius 1 is 1.11 bits per heavy atom. The molecule has 0 spiro atoms. The topological polar surface area (TPSA) is 72.3 Å². The van der Waals surface area contributed by atoms with E-state index in [-0.39, 0.29) is 29.7 Å². The Balaban J connectivity index is 1.34. The van der Waals surface area contributed by atoms with E-state index in [0.717, 1.165) is 24.1 Å². The van der Waals surface area contributed by atoms with Gasteiger partial charge in [0.2, 0.25) is 5.28 Å². The number of aromatic nitrogens is 3. The lowest BCUT2D eigenvalue weighted by Gasteiger charge is -2.31. The fraction of sp³-hybridized carbons (Fsp3) is 0.375. The molecule has 5 rings (SSSR count). The summed E-state index contributed by atoms with van der Waals surface area (Å²) in [6.45, 7) is 1.12. The van der Waals surface area contributed by atoms with Gasteiger partial charge in [-0.25, -0.2) is 4.79 Å². The van der Waals surface area contributed by atoms with E-state index in [1.54, 1.807) is 21.6 Å². The number of fused-ring (bicyclic) bond motifs is 1. The third-order valence-corrected chi connectivity index (χ3v) is 7.01. The van der Waals surface area contributed by atoms with Crippen molar-refractivity contribution in [2.24, 2.45) is 0 Å². The van der Waals surface area contributed by atoms with Gasteiger partial charge in [-0.3, -0.25) is 4.57 Å². The number of nitrogens with one attached hydrogen (secondary N) is 1. The number of halogens is 5. The molecule has 7 nitrogen and oxygen atoms in total. The molecule has 2 aromatic carbocycles. The molecule has 2 amide bonds. The van der Waals surface area contributed by atoms with Crippen LogP contribution in [-0.4, -0.2) is 38.8 Å². The highest BCUT2D eigenvalue weighted by Crippen LogP contribution is 2.39. The Kier molecular flexibility index (Phi) is 6.74. The van der Waals surface area contributed by atoms with Crippen LogP contribution in [-0.2, 0) is 12.7 Å². The quantitative estimate of drug-likeness (QED) is 0.439. The van der Waals surface area contributed by atoms with E-state index in [1.165, 1.54) is 6.07 Å². The van der Waals surface area contributed by atoms with Gasteiger partial charge in [-0.1, -0.05) is 29.8 Å². The number of carbonyl (C=O) groups is 1. The molecular formula is C24H22Cl2F3N5O2. The Morgan fingerprint density at radius 2 is 1.89 bits per heavy atom. The van der Waals surface area contributed by atoms with Gasteiger partial charge < -0.3 is 15.0 Å². The van der Waals surface area contributed by atoms with Crippen molar-refractivity contribution in [3.63, 3.8) is 0 Å². The number of carbonyl (C=O) groups excluding carboxylic acids is 1. The van der Waals surface area contributed by atoms with Crippen molar-refractivity contribution in [1.29, 1.82) is 0 Å². The minimum Gasteiger partial charge on any atom is -0.493 e. The van der Waals surface area contributed by atoms with Crippen LogP contribution in [0.1, 0.15) is 53.9 Å². The molecule has 3 aromatic rings. The Hall–Kier alpha value is -2.98. The predicted octanol–water partition coefficient (Wildman–Crippen LogP) is 6.02. The van der Waals surface area contributed by atoms with Gasteiger partial charge in [0.05, 0.1) is 30.8 Å². The molecule has 1 saturated heterocycles. The Morgan fingerprint density at radius 3 is 2.64 bits per heavy atom. The van der Waals surface area contributed by atoms with Crippen LogP contribution in [0.3, 0.4) is 0 Å². The van der Waals surface area contributed by atoms with Crippen LogP contribution in [0.2, 0.25) is 10.3 Å². The second-order valence-corrected chi connectivity index (χ2v) is 9.56. The Labute approximate surface area is 215 Å². The SMILES string of the molecule is O=C(NC1CCOc2cc(C(F)(F)F)ccc21)N1CCC[C@@H]1c1nnc(Cl)n1Cc1ccc(Cl)cc1. The van der Waals surface area contributed by atoms with Crippen LogP contribution in [0.4, 0.5) is 18.0 Å². The second kappa shape index (κ2) is 9.82. The molecule has 1 fully saturated rings. The first-order valence-corrected chi connectivity index (χ1v) is 12.2. The normalized spacial score (nSPS) is 19.6. The van der Waals surface area contributed by atoms with E-state index in [2.05, 4.69) is 15.5 Å². The van der Waals surface area contributed by atoms with E-state index in [0.29, 0.717) is 42.3 Å². The first-order valence-electron chi connectivity index (χ1n) is 11.4. The molecule has 0 saturated carbocycles. The maximum absolute atomic E-state index is 13.3. The number of benzene rings is 2. The summed E-state index contributed by atoms with van der Waals surface area (Å²) in [5.41, 5.74) is 0.686. The number of alkyl halides is 3. The second-order valence-electron chi connectivity index (χ2n) is 8.78. The smallest absolute Gasteiger partial charge is 0.416 e. The summed E-state index contributed by atoms with van der Waals surface area (Å²) in [5.74, 6) is 0.707. The molecule has 190 valence electrons. The van der Waals surface area contributed by atoms with Gasteiger partial charge in [0.1, 0.15) is 5.75 Å². The molecule has 36 heavy (non-hydrogen) atoms. The number of urea groups is 1. The summed E-state index contributed by atoms with van der Waals surface area (Å²) >= 11 is 12.3. The highest BCUT2D eigenvalue weighted by Gasteiger charge is 2.37. The number of ether oxygens (including phenoxy) is 1. The molecule has 12 heteroatoms. The minimum atomic E-state index is -4.47. The van der Waals surface area contributed by atoms with Crippen molar-refractivity contribution in [2.45, 2.75) is 44.1 Å². The molecule has 1 aromatic heterocycles. The number of rotatable bonds is 4. The summed E-state index contributed by atoms with van der Waals surface area (Å²) in [7, 11) is 0. The average molecular weight is 540 g/mol. The van der Waals surface area contributed by atoms with Gasteiger partial charge in [0, 0.05) is 23.6 Å². The zero-order valence-electron chi connectivity index (χ0n) is 18.9. The van der Waals surface area contributed by atoms with E-state index in [4.69, 9.17) is 27.9 Å². The van der Waals surface area contributed by atoms with Crippen LogP contribution >= 0.6 is 23.2 Å². The number of likely N-dealkylation sites (tertiary alicyclic amines) is 1. The minimum absolute atomic E-state index is 0.133. The first kappa shape index (κ1) is 24.7. The van der Waals surface area contributed by atoms with Gasteiger partial charge in [0.25, 0.3) is 0 Å². The molecule has 3 heterocycles. The molecule has 1 unspecified atom stereocenters. The average Bonchev–Trinajstić information content (AvgIpc) is 3.47. The van der Waals surface area contributed by atoms with Gasteiger partial charge in [-0.2, -0.15) is 13.2 Å². The summed E-state index contributed by atoms with van der Waals surface area (Å²) in [6, 6.07) is 9.55.